The van der Waals surface area contributed by atoms with Gasteiger partial charge in [0.05, 0.1) is 6.61 Å². The van der Waals surface area contributed by atoms with Crippen molar-refractivity contribution in [2.45, 2.75) is 45.6 Å². The van der Waals surface area contributed by atoms with Crippen molar-refractivity contribution >= 4 is 0 Å². The third-order valence-electron chi connectivity index (χ3n) is 4.84. The Balaban J connectivity index is 1.99. The highest BCUT2D eigenvalue weighted by Gasteiger charge is 2.37. The second kappa shape index (κ2) is 6.36. The summed E-state index contributed by atoms with van der Waals surface area (Å²) in [7, 11) is 1.85. The number of piperidine rings is 1. The highest BCUT2D eigenvalue weighted by atomic mass is 16.5. The van der Waals surface area contributed by atoms with E-state index in [0.717, 1.165) is 31.7 Å². The van der Waals surface area contributed by atoms with E-state index in [0.29, 0.717) is 5.41 Å². The quantitative estimate of drug-likeness (QED) is 0.813. The summed E-state index contributed by atoms with van der Waals surface area (Å²) in [5, 5.41) is 3.48. The molecule has 0 aromatic heterocycles. The Labute approximate surface area is 112 Å². The van der Waals surface area contributed by atoms with Crippen molar-refractivity contribution in [3.8, 4) is 0 Å². The Morgan fingerprint density at radius 3 is 2.67 bits per heavy atom. The van der Waals surface area contributed by atoms with Crippen molar-refractivity contribution in [3.05, 3.63) is 0 Å². The van der Waals surface area contributed by atoms with Crippen LogP contribution in [0.2, 0.25) is 0 Å². The molecule has 2 aliphatic rings. The molecule has 0 saturated carbocycles. The second-order valence-electron chi connectivity index (χ2n) is 6.61. The Morgan fingerprint density at radius 2 is 2.06 bits per heavy atom. The standard InChI is InChI=1S/C15H30N2O/c1-13(2)14-5-4-10-17(14)11-15(12-18-3)6-8-16-9-7-15/h13-14,16H,4-12H2,1-3H3. The van der Waals surface area contributed by atoms with Crippen molar-refractivity contribution in [1.29, 1.82) is 0 Å². The zero-order chi connectivity index (χ0) is 13.0. The SMILES string of the molecule is COCC1(CN2CCCC2C(C)C)CCNCC1. The fourth-order valence-corrected chi connectivity index (χ4v) is 3.85. The summed E-state index contributed by atoms with van der Waals surface area (Å²) in [5.74, 6) is 0.786. The van der Waals surface area contributed by atoms with Crippen LogP contribution in [0.25, 0.3) is 0 Å². The van der Waals surface area contributed by atoms with E-state index >= 15 is 0 Å². The van der Waals surface area contributed by atoms with Gasteiger partial charge in [0.25, 0.3) is 0 Å². The highest BCUT2D eigenvalue weighted by Crippen LogP contribution is 2.34. The lowest BCUT2D eigenvalue weighted by molar-refractivity contribution is 0.0144. The van der Waals surface area contributed by atoms with Gasteiger partial charge in [0, 0.05) is 25.1 Å². The van der Waals surface area contributed by atoms with Crippen molar-refractivity contribution < 1.29 is 4.74 Å². The minimum absolute atomic E-state index is 0.400. The minimum Gasteiger partial charge on any atom is -0.384 e. The third-order valence-corrected chi connectivity index (χ3v) is 4.84. The average molecular weight is 254 g/mol. The molecule has 0 bridgehead atoms. The third kappa shape index (κ3) is 3.25. The number of nitrogens with one attached hydrogen (secondary N) is 1. The molecule has 3 heteroatoms. The van der Waals surface area contributed by atoms with Gasteiger partial charge >= 0.3 is 0 Å². The monoisotopic (exact) mass is 254 g/mol. The van der Waals surface area contributed by atoms with E-state index in [9.17, 15) is 0 Å². The summed E-state index contributed by atoms with van der Waals surface area (Å²) < 4.78 is 5.54. The maximum absolute atomic E-state index is 5.54. The minimum atomic E-state index is 0.400. The number of rotatable bonds is 5. The van der Waals surface area contributed by atoms with Crippen LogP contribution < -0.4 is 5.32 Å². The number of likely N-dealkylation sites (tertiary alicyclic amines) is 1. The summed E-state index contributed by atoms with van der Waals surface area (Å²) in [4.78, 5) is 2.75. The van der Waals surface area contributed by atoms with Crippen LogP contribution in [0.3, 0.4) is 0 Å². The van der Waals surface area contributed by atoms with E-state index in [1.807, 2.05) is 7.11 Å². The molecule has 106 valence electrons. The molecule has 0 aromatic rings. The van der Waals surface area contributed by atoms with Crippen molar-refractivity contribution in [2.24, 2.45) is 11.3 Å². The predicted molar refractivity (Wildman–Crippen MR) is 75.8 cm³/mol. The number of hydrogen-bond acceptors (Lipinski definition) is 3. The molecule has 18 heavy (non-hydrogen) atoms. The molecule has 2 heterocycles. The number of methoxy groups -OCH3 is 1. The Hall–Kier alpha value is -0.120. The maximum Gasteiger partial charge on any atom is 0.0531 e. The number of hydrogen-bond donors (Lipinski definition) is 1. The largest absolute Gasteiger partial charge is 0.384 e. The van der Waals surface area contributed by atoms with Gasteiger partial charge in [0.2, 0.25) is 0 Å². The number of nitrogens with zero attached hydrogens (tertiary/aromatic N) is 1. The Kier molecular flexibility index (Phi) is 5.05. The lowest BCUT2D eigenvalue weighted by Gasteiger charge is -2.42. The van der Waals surface area contributed by atoms with Gasteiger partial charge in [-0.25, -0.2) is 0 Å². The van der Waals surface area contributed by atoms with E-state index in [2.05, 4.69) is 24.1 Å². The maximum atomic E-state index is 5.54. The first-order valence-electron chi connectivity index (χ1n) is 7.61. The molecule has 1 atom stereocenters. The highest BCUT2D eigenvalue weighted by molar-refractivity contribution is 4.91. The predicted octanol–water partition coefficient (Wildman–Crippen LogP) is 2.12. The molecule has 2 saturated heterocycles. The fraction of sp³-hybridized carbons (Fsp3) is 1.00. The van der Waals surface area contributed by atoms with Crippen LogP contribution in [0.15, 0.2) is 0 Å². The van der Waals surface area contributed by atoms with Crippen LogP contribution in [0.5, 0.6) is 0 Å². The van der Waals surface area contributed by atoms with Gasteiger partial charge < -0.3 is 10.1 Å². The van der Waals surface area contributed by atoms with Gasteiger partial charge in [-0.05, 0) is 51.2 Å². The normalized spacial score (nSPS) is 29.0. The molecule has 0 amide bonds. The summed E-state index contributed by atoms with van der Waals surface area (Å²) >= 11 is 0. The molecule has 0 spiro atoms. The Bertz CT molecular complexity index is 243. The molecule has 2 fully saturated rings. The van der Waals surface area contributed by atoms with E-state index < -0.39 is 0 Å². The van der Waals surface area contributed by atoms with Gasteiger partial charge in [-0.15, -0.1) is 0 Å². The molecule has 1 unspecified atom stereocenters. The molecule has 0 aromatic carbocycles. The Morgan fingerprint density at radius 1 is 1.33 bits per heavy atom. The number of ether oxygens (including phenoxy) is 1. The van der Waals surface area contributed by atoms with Gasteiger partial charge in [0.15, 0.2) is 0 Å². The van der Waals surface area contributed by atoms with Gasteiger partial charge in [0.1, 0.15) is 0 Å². The van der Waals surface area contributed by atoms with Gasteiger partial charge in [-0.2, -0.15) is 0 Å². The van der Waals surface area contributed by atoms with E-state index in [1.54, 1.807) is 0 Å². The molecule has 2 rings (SSSR count). The molecule has 2 aliphatic heterocycles. The smallest absolute Gasteiger partial charge is 0.0531 e. The van der Waals surface area contributed by atoms with Crippen LogP contribution in [-0.2, 0) is 4.74 Å². The zero-order valence-electron chi connectivity index (χ0n) is 12.4. The summed E-state index contributed by atoms with van der Waals surface area (Å²) in [5.41, 5.74) is 0.400. The van der Waals surface area contributed by atoms with E-state index in [1.165, 1.54) is 38.8 Å². The molecule has 3 nitrogen and oxygen atoms in total. The molecule has 0 aliphatic carbocycles. The lowest BCUT2D eigenvalue weighted by atomic mass is 9.78. The van der Waals surface area contributed by atoms with Crippen LogP contribution >= 0.6 is 0 Å². The topological polar surface area (TPSA) is 24.5 Å². The van der Waals surface area contributed by atoms with E-state index in [4.69, 9.17) is 4.74 Å². The van der Waals surface area contributed by atoms with Crippen LogP contribution in [0, 0.1) is 11.3 Å². The van der Waals surface area contributed by atoms with Crippen LogP contribution in [-0.4, -0.2) is 50.8 Å². The van der Waals surface area contributed by atoms with Crippen LogP contribution in [0.1, 0.15) is 39.5 Å². The first-order chi connectivity index (χ1) is 8.67. The molecular formula is C15H30N2O. The lowest BCUT2D eigenvalue weighted by Crippen LogP contribution is -2.49. The van der Waals surface area contributed by atoms with E-state index in [-0.39, 0.29) is 0 Å². The summed E-state index contributed by atoms with van der Waals surface area (Å²) in [6.45, 7) is 10.5. The van der Waals surface area contributed by atoms with Gasteiger partial charge in [-0.1, -0.05) is 13.8 Å². The fourth-order valence-electron chi connectivity index (χ4n) is 3.85. The average Bonchev–Trinajstić information content (AvgIpc) is 2.78. The second-order valence-corrected chi connectivity index (χ2v) is 6.61. The van der Waals surface area contributed by atoms with Gasteiger partial charge in [-0.3, -0.25) is 4.90 Å². The molecular weight excluding hydrogens is 224 g/mol. The first-order valence-corrected chi connectivity index (χ1v) is 7.61. The van der Waals surface area contributed by atoms with Crippen molar-refractivity contribution in [1.82, 2.24) is 10.2 Å². The summed E-state index contributed by atoms with van der Waals surface area (Å²) in [6, 6.07) is 0.800. The summed E-state index contributed by atoms with van der Waals surface area (Å²) in [6.07, 6.45) is 5.30. The van der Waals surface area contributed by atoms with Crippen LogP contribution in [0.4, 0.5) is 0 Å². The first kappa shape index (κ1) is 14.3. The molecule has 0 radical (unpaired) electrons. The zero-order valence-corrected chi connectivity index (χ0v) is 12.4. The van der Waals surface area contributed by atoms with Crippen molar-refractivity contribution in [2.75, 3.05) is 39.9 Å². The molecule has 1 N–H and O–H groups in total. The van der Waals surface area contributed by atoms with Crippen molar-refractivity contribution in [3.63, 3.8) is 0 Å².